The Kier molecular flexibility index (Phi) is 3.55. The summed E-state index contributed by atoms with van der Waals surface area (Å²) in [5, 5.41) is 8.91. The first-order valence-corrected chi connectivity index (χ1v) is 4.73. The Labute approximate surface area is 74.5 Å². The summed E-state index contributed by atoms with van der Waals surface area (Å²) < 4.78 is 5.36. The predicted molar refractivity (Wildman–Crippen MR) is 47.5 cm³/mol. The van der Waals surface area contributed by atoms with E-state index < -0.39 is 0 Å². The van der Waals surface area contributed by atoms with Crippen molar-refractivity contribution in [2.24, 2.45) is 17.8 Å². The highest BCUT2D eigenvalue weighted by Gasteiger charge is 2.26. The average Bonchev–Trinajstić information content (AvgIpc) is 2.27. The Morgan fingerprint density at radius 3 is 2.83 bits per heavy atom. The normalized spacial score (nSPS) is 31.2. The molecule has 0 spiro atoms. The van der Waals surface area contributed by atoms with Crippen molar-refractivity contribution in [2.75, 3.05) is 13.2 Å². The summed E-state index contributed by atoms with van der Waals surface area (Å²) >= 11 is 0. The van der Waals surface area contributed by atoms with Crippen molar-refractivity contribution in [2.45, 2.75) is 26.7 Å². The number of rotatable bonds is 1. The van der Waals surface area contributed by atoms with Gasteiger partial charge in [-0.25, -0.2) is 0 Å². The zero-order valence-electron chi connectivity index (χ0n) is 7.92. The van der Waals surface area contributed by atoms with Crippen LogP contribution < -0.4 is 0 Å². The summed E-state index contributed by atoms with van der Waals surface area (Å²) in [7, 11) is 0. The second kappa shape index (κ2) is 4.47. The molecule has 0 aromatic heterocycles. The van der Waals surface area contributed by atoms with Gasteiger partial charge in [-0.1, -0.05) is 13.8 Å². The SMILES string of the molecule is CC(C)C1CCCOC[C@H]1C#N. The van der Waals surface area contributed by atoms with E-state index in [4.69, 9.17) is 10.00 Å². The van der Waals surface area contributed by atoms with Crippen LogP contribution in [0.1, 0.15) is 26.7 Å². The molecule has 2 heteroatoms. The van der Waals surface area contributed by atoms with Gasteiger partial charge in [0, 0.05) is 6.61 Å². The van der Waals surface area contributed by atoms with Crippen LogP contribution in [-0.2, 0) is 4.74 Å². The van der Waals surface area contributed by atoms with Gasteiger partial charge in [0.05, 0.1) is 18.6 Å². The summed E-state index contributed by atoms with van der Waals surface area (Å²) in [6, 6.07) is 2.35. The van der Waals surface area contributed by atoms with Gasteiger partial charge in [-0.15, -0.1) is 0 Å². The first-order valence-electron chi connectivity index (χ1n) is 4.73. The average molecular weight is 167 g/mol. The monoisotopic (exact) mass is 167 g/mol. The van der Waals surface area contributed by atoms with Crippen LogP contribution in [0.2, 0.25) is 0 Å². The van der Waals surface area contributed by atoms with Gasteiger partial charge in [0.15, 0.2) is 0 Å². The maximum atomic E-state index is 8.91. The topological polar surface area (TPSA) is 33.0 Å². The molecule has 0 amide bonds. The van der Waals surface area contributed by atoms with Gasteiger partial charge >= 0.3 is 0 Å². The van der Waals surface area contributed by atoms with Crippen molar-refractivity contribution in [1.29, 1.82) is 5.26 Å². The van der Waals surface area contributed by atoms with Crippen LogP contribution in [0.5, 0.6) is 0 Å². The molecule has 2 nitrogen and oxygen atoms in total. The summed E-state index contributed by atoms with van der Waals surface area (Å²) in [5.41, 5.74) is 0. The highest BCUT2D eigenvalue weighted by molar-refractivity contribution is 4.90. The molecule has 0 saturated carbocycles. The number of ether oxygens (including phenoxy) is 1. The van der Waals surface area contributed by atoms with E-state index in [0.717, 1.165) is 19.4 Å². The van der Waals surface area contributed by atoms with Crippen molar-refractivity contribution in [1.82, 2.24) is 0 Å². The number of hydrogen-bond donors (Lipinski definition) is 0. The Balaban J connectivity index is 2.59. The van der Waals surface area contributed by atoms with Gasteiger partial charge in [0.2, 0.25) is 0 Å². The van der Waals surface area contributed by atoms with Gasteiger partial charge in [-0.3, -0.25) is 0 Å². The molecular weight excluding hydrogens is 150 g/mol. The van der Waals surface area contributed by atoms with Gasteiger partial charge in [0.1, 0.15) is 0 Å². The van der Waals surface area contributed by atoms with E-state index in [1.165, 1.54) is 0 Å². The third-order valence-electron chi connectivity index (χ3n) is 2.66. The molecule has 1 aliphatic heterocycles. The van der Waals surface area contributed by atoms with Crippen LogP contribution in [0.25, 0.3) is 0 Å². The van der Waals surface area contributed by atoms with E-state index in [2.05, 4.69) is 19.9 Å². The van der Waals surface area contributed by atoms with Gasteiger partial charge in [-0.2, -0.15) is 5.26 Å². The lowest BCUT2D eigenvalue weighted by Gasteiger charge is -2.21. The molecule has 1 unspecified atom stereocenters. The second-order valence-corrected chi connectivity index (χ2v) is 3.86. The van der Waals surface area contributed by atoms with E-state index >= 15 is 0 Å². The van der Waals surface area contributed by atoms with E-state index in [1.54, 1.807) is 0 Å². The zero-order chi connectivity index (χ0) is 8.97. The molecule has 0 aromatic rings. The van der Waals surface area contributed by atoms with Crippen LogP contribution >= 0.6 is 0 Å². The molecule has 0 radical (unpaired) electrons. The fourth-order valence-electron chi connectivity index (χ4n) is 1.89. The van der Waals surface area contributed by atoms with E-state index in [-0.39, 0.29) is 5.92 Å². The summed E-state index contributed by atoms with van der Waals surface area (Å²) in [4.78, 5) is 0. The molecule has 12 heavy (non-hydrogen) atoms. The minimum atomic E-state index is 0.118. The molecule has 0 bridgehead atoms. The Morgan fingerprint density at radius 2 is 2.25 bits per heavy atom. The lowest BCUT2D eigenvalue weighted by molar-refractivity contribution is 0.117. The maximum Gasteiger partial charge on any atom is 0.0727 e. The molecule has 1 saturated heterocycles. The van der Waals surface area contributed by atoms with Gasteiger partial charge < -0.3 is 4.74 Å². The highest BCUT2D eigenvalue weighted by atomic mass is 16.5. The Bertz CT molecular complexity index is 171. The number of hydrogen-bond acceptors (Lipinski definition) is 2. The Morgan fingerprint density at radius 1 is 1.50 bits per heavy atom. The molecular formula is C10H17NO. The van der Waals surface area contributed by atoms with E-state index in [9.17, 15) is 0 Å². The quantitative estimate of drug-likeness (QED) is 0.600. The second-order valence-electron chi connectivity index (χ2n) is 3.86. The molecule has 68 valence electrons. The van der Waals surface area contributed by atoms with Crippen molar-refractivity contribution < 1.29 is 4.74 Å². The van der Waals surface area contributed by atoms with Crippen molar-refractivity contribution >= 4 is 0 Å². The standard InChI is InChI=1S/C10H17NO/c1-8(2)10-4-3-5-12-7-9(10)6-11/h8-10H,3-5,7H2,1-2H3/t9-,10?/m1/s1. The fourth-order valence-corrected chi connectivity index (χ4v) is 1.89. The highest BCUT2D eigenvalue weighted by Crippen LogP contribution is 2.28. The third kappa shape index (κ3) is 2.22. The summed E-state index contributed by atoms with van der Waals surface area (Å²) in [6.45, 7) is 5.86. The first-order chi connectivity index (χ1) is 5.75. The molecule has 1 aliphatic rings. The van der Waals surface area contributed by atoms with E-state index in [1.807, 2.05) is 0 Å². The van der Waals surface area contributed by atoms with Crippen LogP contribution in [0.4, 0.5) is 0 Å². The van der Waals surface area contributed by atoms with Crippen molar-refractivity contribution in [3.63, 3.8) is 0 Å². The lowest BCUT2D eigenvalue weighted by Crippen LogP contribution is -2.20. The number of nitriles is 1. The number of nitrogens with zero attached hydrogens (tertiary/aromatic N) is 1. The van der Waals surface area contributed by atoms with Crippen LogP contribution in [0.15, 0.2) is 0 Å². The van der Waals surface area contributed by atoms with E-state index in [0.29, 0.717) is 18.4 Å². The molecule has 1 rings (SSSR count). The first kappa shape index (κ1) is 9.54. The minimum Gasteiger partial charge on any atom is -0.380 e. The van der Waals surface area contributed by atoms with Gasteiger partial charge in [-0.05, 0) is 24.7 Å². The predicted octanol–water partition coefficient (Wildman–Crippen LogP) is 2.21. The molecule has 1 heterocycles. The zero-order valence-corrected chi connectivity index (χ0v) is 7.92. The van der Waals surface area contributed by atoms with Crippen LogP contribution in [0, 0.1) is 29.1 Å². The molecule has 0 aliphatic carbocycles. The largest absolute Gasteiger partial charge is 0.380 e. The van der Waals surface area contributed by atoms with Gasteiger partial charge in [0.25, 0.3) is 0 Å². The summed E-state index contributed by atoms with van der Waals surface area (Å²) in [6.07, 6.45) is 2.26. The Hall–Kier alpha value is -0.550. The van der Waals surface area contributed by atoms with Crippen molar-refractivity contribution in [3.8, 4) is 6.07 Å². The smallest absolute Gasteiger partial charge is 0.0727 e. The molecule has 0 aromatic carbocycles. The summed E-state index contributed by atoms with van der Waals surface area (Å²) in [5.74, 6) is 1.27. The molecule has 2 atom stereocenters. The molecule has 0 N–H and O–H groups in total. The van der Waals surface area contributed by atoms with Crippen LogP contribution in [0.3, 0.4) is 0 Å². The maximum absolute atomic E-state index is 8.91. The molecule has 1 fully saturated rings. The van der Waals surface area contributed by atoms with Crippen LogP contribution in [-0.4, -0.2) is 13.2 Å². The fraction of sp³-hybridized carbons (Fsp3) is 0.900. The minimum absolute atomic E-state index is 0.118. The lowest BCUT2D eigenvalue weighted by atomic mass is 9.82. The third-order valence-corrected chi connectivity index (χ3v) is 2.66. The van der Waals surface area contributed by atoms with Crippen molar-refractivity contribution in [3.05, 3.63) is 0 Å².